The van der Waals surface area contributed by atoms with Crippen LogP contribution in [0, 0.1) is 5.92 Å². The Hall–Kier alpha value is -1.10. The quantitative estimate of drug-likeness (QED) is 0.670. The fourth-order valence-electron chi connectivity index (χ4n) is 1.50. The summed E-state index contributed by atoms with van der Waals surface area (Å²) in [5, 5.41) is 11.6. The number of carboxylic acid groups (broad SMARTS) is 1. The van der Waals surface area contributed by atoms with E-state index in [1.165, 1.54) is 0 Å². The van der Waals surface area contributed by atoms with Gasteiger partial charge in [-0.2, -0.15) is 0 Å². The molecule has 0 aromatic rings. The van der Waals surface area contributed by atoms with Crippen molar-refractivity contribution in [3.63, 3.8) is 0 Å². The van der Waals surface area contributed by atoms with E-state index >= 15 is 0 Å². The maximum atomic E-state index is 11.4. The molecule has 0 saturated heterocycles. The molecule has 2 atom stereocenters. The normalized spacial score (nSPS) is 14.6. The molecule has 0 aliphatic rings. The predicted octanol–water partition coefficient (Wildman–Crippen LogP) is 0.554. The van der Waals surface area contributed by atoms with Crippen LogP contribution in [0.25, 0.3) is 0 Å². The molecule has 0 radical (unpaired) electrons. The molecule has 5 heteroatoms. The summed E-state index contributed by atoms with van der Waals surface area (Å²) in [6, 6.07) is -0.148. The lowest BCUT2D eigenvalue weighted by Crippen LogP contribution is -2.45. The largest absolute Gasteiger partial charge is 0.481 e. The summed E-state index contributed by atoms with van der Waals surface area (Å²) in [4.78, 5) is 24.1. The van der Waals surface area contributed by atoms with E-state index in [1.54, 1.807) is 6.92 Å². The SMILES string of the molecule is CCNC(=O)CN(CC)C(C)C(C)C(=O)O. The summed E-state index contributed by atoms with van der Waals surface area (Å²) in [6.45, 7) is 8.79. The van der Waals surface area contributed by atoms with E-state index in [2.05, 4.69) is 5.32 Å². The predicted molar refractivity (Wildman–Crippen MR) is 62.2 cm³/mol. The number of hydrogen-bond acceptors (Lipinski definition) is 3. The van der Waals surface area contributed by atoms with E-state index in [0.29, 0.717) is 13.1 Å². The van der Waals surface area contributed by atoms with Gasteiger partial charge in [0.2, 0.25) is 5.91 Å². The van der Waals surface area contributed by atoms with Crippen LogP contribution in [0.2, 0.25) is 0 Å². The van der Waals surface area contributed by atoms with Gasteiger partial charge in [-0.1, -0.05) is 13.8 Å². The summed E-state index contributed by atoms with van der Waals surface area (Å²) in [7, 11) is 0. The van der Waals surface area contributed by atoms with E-state index in [-0.39, 0.29) is 18.5 Å². The third kappa shape index (κ3) is 4.61. The molecule has 0 spiro atoms. The monoisotopic (exact) mass is 230 g/mol. The molecule has 0 aromatic heterocycles. The number of carbonyl (C=O) groups excluding carboxylic acids is 1. The third-order valence-corrected chi connectivity index (χ3v) is 2.82. The van der Waals surface area contributed by atoms with Crippen molar-refractivity contribution in [3.05, 3.63) is 0 Å². The Bertz CT molecular complexity index is 243. The number of rotatable bonds is 7. The fourth-order valence-corrected chi connectivity index (χ4v) is 1.50. The number of carboxylic acids is 1. The highest BCUT2D eigenvalue weighted by Gasteiger charge is 2.25. The Morgan fingerprint density at radius 2 is 1.88 bits per heavy atom. The van der Waals surface area contributed by atoms with E-state index < -0.39 is 11.9 Å². The summed E-state index contributed by atoms with van der Waals surface area (Å²) in [6.07, 6.45) is 0. The van der Waals surface area contributed by atoms with Gasteiger partial charge in [0.25, 0.3) is 0 Å². The van der Waals surface area contributed by atoms with Gasteiger partial charge >= 0.3 is 5.97 Å². The summed E-state index contributed by atoms with van der Waals surface area (Å²) in [5.74, 6) is -1.37. The zero-order valence-corrected chi connectivity index (χ0v) is 10.5. The highest BCUT2D eigenvalue weighted by atomic mass is 16.4. The molecule has 5 nitrogen and oxygen atoms in total. The van der Waals surface area contributed by atoms with Gasteiger partial charge in [-0.05, 0) is 20.4 Å². The van der Waals surface area contributed by atoms with Crippen molar-refractivity contribution in [3.8, 4) is 0 Å². The molecule has 0 bridgehead atoms. The second kappa shape index (κ2) is 7.22. The number of amides is 1. The molecule has 0 aliphatic heterocycles. The van der Waals surface area contributed by atoms with Crippen molar-refractivity contribution in [1.29, 1.82) is 0 Å². The molecule has 2 N–H and O–H groups in total. The third-order valence-electron chi connectivity index (χ3n) is 2.82. The molecule has 0 heterocycles. The van der Waals surface area contributed by atoms with E-state index in [4.69, 9.17) is 5.11 Å². The molecule has 94 valence electrons. The average Bonchev–Trinajstić information content (AvgIpc) is 2.24. The second-order valence-corrected chi connectivity index (χ2v) is 3.88. The van der Waals surface area contributed by atoms with Crippen LogP contribution in [0.4, 0.5) is 0 Å². The van der Waals surface area contributed by atoms with Gasteiger partial charge in [0, 0.05) is 12.6 Å². The number of aliphatic carboxylic acids is 1. The highest BCUT2D eigenvalue weighted by Crippen LogP contribution is 2.10. The fraction of sp³-hybridized carbons (Fsp3) is 0.818. The van der Waals surface area contributed by atoms with Crippen molar-refractivity contribution >= 4 is 11.9 Å². The van der Waals surface area contributed by atoms with Gasteiger partial charge in [-0.15, -0.1) is 0 Å². The summed E-state index contributed by atoms with van der Waals surface area (Å²) in [5.41, 5.74) is 0. The molecule has 16 heavy (non-hydrogen) atoms. The minimum Gasteiger partial charge on any atom is -0.481 e. The minimum atomic E-state index is -0.832. The zero-order chi connectivity index (χ0) is 12.7. The van der Waals surface area contributed by atoms with Crippen LogP contribution in [0.5, 0.6) is 0 Å². The first-order valence-corrected chi connectivity index (χ1v) is 5.67. The zero-order valence-electron chi connectivity index (χ0n) is 10.5. The van der Waals surface area contributed by atoms with E-state index in [1.807, 2.05) is 25.7 Å². The van der Waals surface area contributed by atoms with E-state index in [0.717, 1.165) is 0 Å². The summed E-state index contributed by atoms with van der Waals surface area (Å²) < 4.78 is 0. The topological polar surface area (TPSA) is 69.6 Å². The molecular formula is C11H22N2O3. The Kier molecular flexibility index (Phi) is 6.72. The number of nitrogens with zero attached hydrogens (tertiary/aromatic N) is 1. The lowest BCUT2D eigenvalue weighted by Gasteiger charge is -2.29. The number of nitrogens with one attached hydrogen (secondary N) is 1. The van der Waals surface area contributed by atoms with E-state index in [9.17, 15) is 9.59 Å². The van der Waals surface area contributed by atoms with Crippen LogP contribution in [0.3, 0.4) is 0 Å². The van der Waals surface area contributed by atoms with Crippen LogP contribution in [-0.4, -0.2) is 47.6 Å². The Morgan fingerprint density at radius 1 is 1.31 bits per heavy atom. The molecule has 0 saturated carbocycles. The van der Waals surface area contributed by atoms with Crippen molar-refractivity contribution in [2.24, 2.45) is 5.92 Å². The van der Waals surface area contributed by atoms with Crippen molar-refractivity contribution in [2.45, 2.75) is 33.7 Å². The van der Waals surface area contributed by atoms with Crippen LogP contribution in [0.1, 0.15) is 27.7 Å². The maximum absolute atomic E-state index is 11.4. The Balaban J connectivity index is 4.37. The van der Waals surface area contributed by atoms with Crippen LogP contribution in [0.15, 0.2) is 0 Å². The van der Waals surface area contributed by atoms with Crippen molar-refractivity contribution < 1.29 is 14.7 Å². The standard InChI is InChI=1S/C11H22N2O3/c1-5-12-10(14)7-13(6-2)9(4)8(3)11(15)16/h8-9H,5-7H2,1-4H3,(H,12,14)(H,15,16). The van der Waals surface area contributed by atoms with Gasteiger partial charge < -0.3 is 10.4 Å². The lowest BCUT2D eigenvalue weighted by molar-refractivity contribution is -0.143. The van der Waals surface area contributed by atoms with Crippen molar-refractivity contribution in [1.82, 2.24) is 10.2 Å². The number of hydrogen-bond donors (Lipinski definition) is 2. The number of likely N-dealkylation sites (N-methyl/N-ethyl adjacent to an activating group) is 2. The van der Waals surface area contributed by atoms with Gasteiger partial charge in [0.15, 0.2) is 0 Å². The molecule has 1 amide bonds. The van der Waals surface area contributed by atoms with Gasteiger partial charge in [-0.25, -0.2) is 0 Å². The second-order valence-electron chi connectivity index (χ2n) is 3.88. The molecule has 0 fully saturated rings. The van der Waals surface area contributed by atoms with Crippen LogP contribution < -0.4 is 5.32 Å². The first-order valence-electron chi connectivity index (χ1n) is 5.67. The van der Waals surface area contributed by atoms with Crippen molar-refractivity contribution in [2.75, 3.05) is 19.6 Å². The van der Waals surface area contributed by atoms with Crippen LogP contribution >= 0.6 is 0 Å². The molecule has 0 rings (SSSR count). The number of carbonyl (C=O) groups is 2. The van der Waals surface area contributed by atoms with Gasteiger partial charge in [0.05, 0.1) is 12.5 Å². The average molecular weight is 230 g/mol. The maximum Gasteiger partial charge on any atom is 0.307 e. The van der Waals surface area contributed by atoms with Gasteiger partial charge in [0.1, 0.15) is 0 Å². The molecule has 0 aromatic carbocycles. The Morgan fingerprint density at radius 3 is 2.25 bits per heavy atom. The molecule has 2 unspecified atom stereocenters. The van der Waals surface area contributed by atoms with Gasteiger partial charge in [-0.3, -0.25) is 14.5 Å². The minimum absolute atomic E-state index is 0.0613. The van der Waals surface area contributed by atoms with Crippen LogP contribution in [-0.2, 0) is 9.59 Å². The summed E-state index contributed by atoms with van der Waals surface area (Å²) >= 11 is 0. The molecular weight excluding hydrogens is 208 g/mol. The molecule has 0 aliphatic carbocycles. The first kappa shape index (κ1) is 14.9. The smallest absolute Gasteiger partial charge is 0.307 e. The highest BCUT2D eigenvalue weighted by molar-refractivity contribution is 5.78. The first-order chi connectivity index (χ1) is 7.43. The lowest BCUT2D eigenvalue weighted by atomic mass is 10.0. The Labute approximate surface area is 96.8 Å².